The molecule has 0 aliphatic carbocycles. The lowest BCUT2D eigenvalue weighted by atomic mass is 10.1. The van der Waals surface area contributed by atoms with Crippen molar-refractivity contribution in [3.63, 3.8) is 0 Å². The Morgan fingerprint density at radius 2 is 2.31 bits per heavy atom. The van der Waals surface area contributed by atoms with Crippen LogP contribution >= 0.6 is 27.3 Å². The standard InChI is InChI=1S/C11H15BrN2OS/c1-8-6-13(2)3-4-14(8)11(15)9-5-10(12)16-7-9/h5,7-8H,3-4,6H2,1-2H3. The molecule has 2 heterocycles. The van der Waals surface area contributed by atoms with E-state index in [4.69, 9.17) is 0 Å². The molecule has 1 aromatic heterocycles. The predicted octanol–water partition coefficient (Wildman–Crippen LogP) is 2.29. The predicted molar refractivity (Wildman–Crippen MR) is 70.0 cm³/mol. The Kier molecular flexibility index (Phi) is 3.66. The van der Waals surface area contributed by atoms with Crippen LogP contribution in [0.4, 0.5) is 0 Å². The van der Waals surface area contributed by atoms with E-state index in [9.17, 15) is 4.79 Å². The highest BCUT2D eigenvalue weighted by atomic mass is 79.9. The Morgan fingerprint density at radius 3 is 2.88 bits per heavy atom. The first-order chi connectivity index (χ1) is 7.58. The first-order valence-corrected chi connectivity index (χ1v) is 6.98. The van der Waals surface area contributed by atoms with Gasteiger partial charge in [0, 0.05) is 31.1 Å². The van der Waals surface area contributed by atoms with Crippen molar-refractivity contribution in [2.75, 3.05) is 26.7 Å². The molecule has 1 unspecified atom stereocenters. The van der Waals surface area contributed by atoms with Crippen LogP contribution in [0.3, 0.4) is 0 Å². The molecule has 0 radical (unpaired) electrons. The average molecular weight is 303 g/mol. The van der Waals surface area contributed by atoms with E-state index in [0.717, 1.165) is 29.0 Å². The van der Waals surface area contributed by atoms with Crippen molar-refractivity contribution in [3.8, 4) is 0 Å². The van der Waals surface area contributed by atoms with Crippen molar-refractivity contribution in [3.05, 3.63) is 20.8 Å². The fourth-order valence-corrected chi connectivity index (χ4v) is 3.16. The second kappa shape index (κ2) is 4.85. The smallest absolute Gasteiger partial charge is 0.255 e. The van der Waals surface area contributed by atoms with E-state index in [1.54, 1.807) is 11.3 Å². The summed E-state index contributed by atoms with van der Waals surface area (Å²) in [6.45, 7) is 4.84. The Labute approximate surface area is 108 Å². The van der Waals surface area contributed by atoms with Gasteiger partial charge < -0.3 is 9.80 Å². The third kappa shape index (κ3) is 2.47. The van der Waals surface area contributed by atoms with Gasteiger partial charge in [0.1, 0.15) is 0 Å². The number of piperazine rings is 1. The molecule has 1 atom stereocenters. The molecule has 88 valence electrons. The zero-order valence-corrected chi connectivity index (χ0v) is 11.8. The topological polar surface area (TPSA) is 23.6 Å². The van der Waals surface area contributed by atoms with Gasteiger partial charge in [0.2, 0.25) is 0 Å². The molecule has 1 fully saturated rings. The lowest BCUT2D eigenvalue weighted by Gasteiger charge is -2.38. The van der Waals surface area contributed by atoms with Crippen molar-refractivity contribution in [1.29, 1.82) is 0 Å². The zero-order chi connectivity index (χ0) is 11.7. The number of likely N-dealkylation sites (N-methyl/N-ethyl adjacent to an activating group) is 1. The second-order valence-corrected chi connectivity index (χ2v) is 6.54. The third-order valence-corrected chi connectivity index (χ3v) is 4.41. The molecule has 1 aromatic rings. The lowest BCUT2D eigenvalue weighted by Crippen LogP contribution is -2.52. The largest absolute Gasteiger partial charge is 0.333 e. The van der Waals surface area contributed by atoms with Gasteiger partial charge in [0.05, 0.1) is 9.35 Å². The van der Waals surface area contributed by atoms with Gasteiger partial charge >= 0.3 is 0 Å². The minimum absolute atomic E-state index is 0.155. The Hall–Kier alpha value is -0.390. The minimum atomic E-state index is 0.155. The number of carbonyl (C=O) groups is 1. The van der Waals surface area contributed by atoms with Crippen molar-refractivity contribution >= 4 is 33.2 Å². The molecule has 1 aliphatic heterocycles. The van der Waals surface area contributed by atoms with E-state index in [-0.39, 0.29) is 5.91 Å². The lowest BCUT2D eigenvalue weighted by molar-refractivity contribution is 0.0534. The molecule has 1 saturated heterocycles. The average Bonchev–Trinajstić information content (AvgIpc) is 2.64. The van der Waals surface area contributed by atoms with Crippen LogP contribution in [0.5, 0.6) is 0 Å². The fraction of sp³-hybridized carbons (Fsp3) is 0.545. The first kappa shape index (κ1) is 12.1. The summed E-state index contributed by atoms with van der Waals surface area (Å²) >= 11 is 4.95. The van der Waals surface area contributed by atoms with E-state index < -0.39 is 0 Å². The van der Waals surface area contributed by atoms with Crippen LogP contribution < -0.4 is 0 Å². The highest BCUT2D eigenvalue weighted by Gasteiger charge is 2.26. The molecule has 16 heavy (non-hydrogen) atoms. The van der Waals surface area contributed by atoms with Crippen LogP contribution in [-0.4, -0.2) is 48.4 Å². The second-order valence-electron chi connectivity index (χ2n) is 4.25. The number of nitrogens with zero attached hydrogens (tertiary/aromatic N) is 2. The van der Waals surface area contributed by atoms with Crippen molar-refractivity contribution in [2.24, 2.45) is 0 Å². The van der Waals surface area contributed by atoms with Gasteiger partial charge in [0.15, 0.2) is 0 Å². The number of thiophene rings is 1. The highest BCUT2D eigenvalue weighted by Crippen LogP contribution is 2.23. The number of hydrogen-bond donors (Lipinski definition) is 0. The van der Waals surface area contributed by atoms with E-state index in [0.29, 0.717) is 6.04 Å². The number of carbonyl (C=O) groups excluding carboxylic acids is 1. The monoisotopic (exact) mass is 302 g/mol. The maximum Gasteiger partial charge on any atom is 0.255 e. The number of halogens is 1. The third-order valence-electron chi connectivity index (χ3n) is 2.91. The molecule has 0 aromatic carbocycles. The van der Waals surface area contributed by atoms with Gasteiger partial charge in [0.25, 0.3) is 5.91 Å². The van der Waals surface area contributed by atoms with Gasteiger partial charge in [-0.25, -0.2) is 0 Å². The van der Waals surface area contributed by atoms with Gasteiger partial charge in [-0.1, -0.05) is 0 Å². The van der Waals surface area contributed by atoms with E-state index in [2.05, 4.69) is 34.8 Å². The van der Waals surface area contributed by atoms with Crippen LogP contribution in [0.1, 0.15) is 17.3 Å². The summed E-state index contributed by atoms with van der Waals surface area (Å²) in [7, 11) is 2.10. The summed E-state index contributed by atoms with van der Waals surface area (Å²) < 4.78 is 1.01. The quantitative estimate of drug-likeness (QED) is 0.795. The molecular weight excluding hydrogens is 288 g/mol. The summed E-state index contributed by atoms with van der Waals surface area (Å²) in [5.41, 5.74) is 0.799. The van der Waals surface area contributed by atoms with Crippen LogP contribution in [0.25, 0.3) is 0 Å². The van der Waals surface area contributed by atoms with Crippen LogP contribution in [0.2, 0.25) is 0 Å². The maximum atomic E-state index is 12.2. The SMILES string of the molecule is CC1CN(C)CCN1C(=O)c1csc(Br)c1. The zero-order valence-electron chi connectivity index (χ0n) is 9.44. The molecule has 0 bridgehead atoms. The van der Waals surface area contributed by atoms with Gasteiger partial charge in [-0.2, -0.15) is 0 Å². The summed E-state index contributed by atoms with van der Waals surface area (Å²) in [6, 6.07) is 2.20. The first-order valence-electron chi connectivity index (χ1n) is 5.31. The van der Waals surface area contributed by atoms with Gasteiger partial charge in [-0.3, -0.25) is 4.79 Å². The van der Waals surface area contributed by atoms with Crippen molar-refractivity contribution in [1.82, 2.24) is 9.80 Å². The van der Waals surface area contributed by atoms with Gasteiger partial charge in [-0.05, 0) is 36.0 Å². The van der Waals surface area contributed by atoms with Crippen LogP contribution in [0.15, 0.2) is 15.2 Å². The molecule has 1 amide bonds. The van der Waals surface area contributed by atoms with Crippen LogP contribution in [-0.2, 0) is 0 Å². The van der Waals surface area contributed by atoms with E-state index in [1.165, 1.54) is 0 Å². The molecule has 0 N–H and O–H groups in total. The number of hydrogen-bond acceptors (Lipinski definition) is 3. The molecule has 3 nitrogen and oxygen atoms in total. The molecule has 1 aliphatic rings. The summed E-state index contributed by atoms with van der Waals surface area (Å²) in [6.07, 6.45) is 0. The fourth-order valence-electron chi connectivity index (χ4n) is 2.03. The molecule has 5 heteroatoms. The minimum Gasteiger partial charge on any atom is -0.333 e. The summed E-state index contributed by atoms with van der Waals surface area (Å²) in [5, 5.41) is 1.91. The van der Waals surface area contributed by atoms with Crippen molar-refractivity contribution in [2.45, 2.75) is 13.0 Å². The van der Waals surface area contributed by atoms with Crippen LogP contribution in [0, 0.1) is 0 Å². The highest BCUT2D eigenvalue weighted by molar-refractivity contribution is 9.11. The van der Waals surface area contributed by atoms with Crippen molar-refractivity contribution < 1.29 is 4.79 Å². The Morgan fingerprint density at radius 1 is 1.56 bits per heavy atom. The normalized spacial score (nSPS) is 22.4. The molecule has 0 spiro atoms. The molecule has 2 rings (SSSR count). The van der Waals surface area contributed by atoms with E-state index in [1.807, 2.05) is 16.3 Å². The van der Waals surface area contributed by atoms with Gasteiger partial charge in [-0.15, -0.1) is 11.3 Å². The van der Waals surface area contributed by atoms with E-state index >= 15 is 0 Å². The Balaban J connectivity index is 2.10. The number of rotatable bonds is 1. The summed E-state index contributed by atoms with van der Waals surface area (Å²) in [4.78, 5) is 16.5. The molecule has 0 saturated carbocycles. The Bertz CT molecular complexity index is 393. The maximum absolute atomic E-state index is 12.2. The molecular formula is C11H15BrN2OS. The number of amides is 1. The summed E-state index contributed by atoms with van der Waals surface area (Å²) in [5.74, 6) is 0.155.